The fourth-order valence-electron chi connectivity index (χ4n) is 2.22. The number of carbonyl (C=O) groups is 1. The summed E-state index contributed by atoms with van der Waals surface area (Å²) >= 11 is 0. The van der Waals surface area contributed by atoms with Crippen LogP contribution in [0.5, 0.6) is 5.75 Å². The Hall–Kier alpha value is -2.80. The Morgan fingerprint density at radius 1 is 1.38 bits per heavy atom. The van der Waals surface area contributed by atoms with Crippen LogP contribution in [0.1, 0.15) is 11.7 Å². The van der Waals surface area contributed by atoms with Gasteiger partial charge in [-0.3, -0.25) is 4.90 Å². The van der Waals surface area contributed by atoms with Crippen molar-refractivity contribution < 1.29 is 19.1 Å². The predicted octanol–water partition coefficient (Wildman–Crippen LogP) is 1.88. The third kappa shape index (κ3) is 2.13. The first-order valence-corrected chi connectivity index (χ1v) is 6.20. The van der Waals surface area contributed by atoms with Crippen LogP contribution in [0.15, 0.2) is 46.0 Å². The van der Waals surface area contributed by atoms with Crippen LogP contribution in [0.4, 0.5) is 11.6 Å². The van der Waals surface area contributed by atoms with Crippen LogP contribution in [0.2, 0.25) is 0 Å². The van der Waals surface area contributed by atoms with E-state index in [9.17, 15) is 9.90 Å². The zero-order valence-corrected chi connectivity index (χ0v) is 11.2. The molecule has 1 aromatic heterocycles. The standard InChI is InChI=1S/C14H13N3O4/c1-20-9-4-2-8(3-5-9)17-11(15)10-6-7-21-13(10)16-12(17)14(18)19/h2-7,11H,15H2,1H3,(H,18,19). The summed E-state index contributed by atoms with van der Waals surface area (Å²) in [5.74, 6) is -0.467. The lowest BCUT2D eigenvalue weighted by atomic mass is 10.1. The Balaban J connectivity index is 2.08. The van der Waals surface area contributed by atoms with Crippen LogP contribution >= 0.6 is 0 Å². The molecule has 3 N–H and O–H groups in total. The molecule has 1 aliphatic heterocycles. The predicted molar refractivity (Wildman–Crippen MR) is 75.8 cm³/mol. The van der Waals surface area contributed by atoms with Gasteiger partial charge in [-0.1, -0.05) is 0 Å². The second kappa shape index (κ2) is 4.95. The van der Waals surface area contributed by atoms with Crippen LogP contribution in [0.25, 0.3) is 0 Å². The van der Waals surface area contributed by atoms with Crippen molar-refractivity contribution in [2.24, 2.45) is 10.7 Å². The van der Waals surface area contributed by atoms with Crippen molar-refractivity contribution >= 4 is 23.4 Å². The fourth-order valence-corrected chi connectivity index (χ4v) is 2.22. The number of methoxy groups -OCH3 is 1. The molecule has 1 aliphatic rings. The molecule has 0 radical (unpaired) electrons. The molecule has 0 saturated carbocycles. The van der Waals surface area contributed by atoms with Gasteiger partial charge in [0.25, 0.3) is 0 Å². The van der Waals surface area contributed by atoms with E-state index in [4.69, 9.17) is 14.9 Å². The number of nitrogens with two attached hydrogens (primary N) is 1. The third-order valence-corrected chi connectivity index (χ3v) is 3.25. The maximum Gasteiger partial charge on any atom is 0.372 e. The van der Waals surface area contributed by atoms with Crippen LogP contribution in [-0.4, -0.2) is 24.0 Å². The monoisotopic (exact) mass is 287 g/mol. The fraction of sp³-hybridized carbons (Fsp3) is 0.143. The first kappa shape index (κ1) is 13.2. The summed E-state index contributed by atoms with van der Waals surface area (Å²) in [6.07, 6.45) is 0.751. The van der Waals surface area contributed by atoms with E-state index in [0.717, 1.165) is 0 Å². The van der Waals surface area contributed by atoms with Gasteiger partial charge >= 0.3 is 5.97 Å². The summed E-state index contributed by atoms with van der Waals surface area (Å²) in [5.41, 5.74) is 7.40. The number of aliphatic carboxylic acids is 1. The number of benzene rings is 1. The van der Waals surface area contributed by atoms with Crippen molar-refractivity contribution in [3.05, 3.63) is 42.2 Å². The number of fused-ring (bicyclic) bond motifs is 1. The quantitative estimate of drug-likeness (QED) is 0.893. The highest BCUT2D eigenvalue weighted by molar-refractivity contribution is 6.41. The van der Waals surface area contributed by atoms with Crippen molar-refractivity contribution in [1.82, 2.24) is 0 Å². The molecule has 7 heteroatoms. The van der Waals surface area contributed by atoms with Gasteiger partial charge in [0.1, 0.15) is 11.9 Å². The molecule has 108 valence electrons. The second-order valence-corrected chi connectivity index (χ2v) is 4.43. The van der Waals surface area contributed by atoms with Gasteiger partial charge in [0.05, 0.1) is 18.9 Å². The summed E-state index contributed by atoms with van der Waals surface area (Å²) in [7, 11) is 1.56. The lowest BCUT2D eigenvalue weighted by Gasteiger charge is -2.32. The molecule has 2 aromatic rings. The molecule has 7 nitrogen and oxygen atoms in total. The second-order valence-electron chi connectivity index (χ2n) is 4.43. The van der Waals surface area contributed by atoms with Crippen molar-refractivity contribution in [3.8, 4) is 5.75 Å². The van der Waals surface area contributed by atoms with E-state index in [1.165, 1.54) is 11.2 Å². The number of amidine groups is 1. The molecular weight excluding hydrogens is 274 g/mol. The third-order valence-electron chi connectivity index (χ3n) is 3.25. The van der Waals surface area contributed by atoms with E-state index in [-0.39, 0.29) is 11.7 Å². The average molecular weight is 287 g/mol. The Kier molecular flexibility index (Phi) is 3.11. The van der Waals surface area contributed by atoms with E-state index < -0.39 is 12.1 Å². The topological polar surface area (TPSA) is 101 Å². The minimum Gasteiger partial charge on any atom is -0.497 e. The van der Waals surface area contributed by atoms with Gasteiger partial charge in [-0.25, -0.2) is 4.79 Å². The van der Waals surface area contributed by atoms with Crippen molar-refractivity contribution in [1.29, 1.82) is 0 Å². The first-order chi connectivity index (χ1) is 10.1. The molecule has 0 saturated heterocycles. The van der Waals surface area contributed by atoms with Crippen LogP contribution in [0.3, 0.4) is 0 Å². The largest absolute Gasteiger partial charge is 0.497 e. The number of hydrogen-bond donors (Lipinski definition) is 2. The van der Waals surface area contributed by atoms with Gasteiger partial charge in [0.2, 0.25) is 11.7 Å². The smallest absolute Gasteiger partial charge is 0.372 e. The number of furan rings is 1. The van der Waals surface area contributed by atoms with Crippen molar-refractivity contribution in [2.45, 2.75) is 6.17 Å². The number of carboxylic acid groups (broad SMARTS) is 1. The normalized spacial score (nSPS) is 17.1. The van der Waals surface area contributed by atoms with E-state index in [1.54, 1.807) is 37.4 Å². The minimum atomic E-state index is -1.18. The highest BCUT2D eigenvalue weighted by atomic mass is 16.5. The molecule has 0 bridgehead atoms. The number of anilines is 1. The highest BCUT2D eigenvalue weighted by Crippen LogP contribution is 2.36. The van der Waals surface area contributed by atoms with Gasteiger partial charge in [0.15, 0.2) is 0 Å². The zero-order chi connectivity index (χ0) is 15.0. The molecule has 0 spiro atoms. The molecule has 1 unspecified atom stereocenters. The van der Waals surface area contributed by atoms with Gasteiger partial charge in [0, 0.05) is 5.69 Å². The van der Waals surface area contributed by atoms with Gasteiger partial charge < -0.3 is 20.0 Å². The van der Waals surface area contributed by atoms with Crippen LogP contribution in [-0.2, 0) is 4.79 Å². The number of hydrogen-bond acceptors (Lipinski definition) is 6. The van der Waals surface area contributed by atoms with Gasteiger partial charge in [-0.15, -0.1) is 0 Å². The molecular formula is C14H13N3O4. The molecule has 0 aliphatic carbocycles. The highest BCUT2D eigenvalue weighted by Gasteiger charge is 2.34. The minimum absolute atomic E-state index is 0.185. The summed E-state index contributed by atoms with van der Waals surface area (Å²) in [4.78, 5) is 16.9. The summed E-state index contributed by atoms with van der Waals surface area (Å²) in [5, 5.41) is 9.36. The van der Waals surface area contributed by atoms with E-state index >= 15 is 0 Å². The first-order valence-electron chi connectivity index (χ1n) is 6.20. The lowest BCUT2D eigenvalue weighted by molar-refractivity contribution is -0.129. The van der Waals surface area contributed by atoms with Crippen molar-refractivity contribution in [3.63, 3.8) is 0 Å². The molecule has 21 heavy (non-hydrogen) atoms. The maximum atomic E-state index is 11.4. The van der Waals surface area contributed by atoms with E-state index in [1.807, 2.05) is 0 Å². The number of ether oxygens (including phenoxy) is 1. The van der Waals surface area contributed by atoms with Gasteiger partial charge in [-0.2, -0.15) is 4.99 Å². The molecule has 3 rings (SSSR count). The Morgan fingerprint density at radius 2 is 2.10 bits per heavy atom. The summed E-state index contributed by atoms with van der Waals surface area (Å²) in [6, 6.07) is 8.59. The molecule has 2 heterocycles. The van der Waals surface area contributed by atoms with E-state index in [0.29, 0.717) is 17.0 Å². The number of rotatable bonds is 3. The Morgan fingerprint density at radius 3 is 2.71 bits per heavy atom. The number of nitrogens with zero attached hydrogens (tertiary/aromatic N) is 2. The van der Waals surface area contributed by atoms with Crippen LogP contribution in [0, 0.1) is 0 Å². The van der Waals surface area contributed by atoms with E-state index in [2.05, 4.69) is 4.99 Å². The average Bonchev–Trinajstić information content (AvgIpc) is 2.96. The van der Waals surface area contributed by atoms with Crippen molar-refractivity contribution in [2.75, 3.05) is 12.0 Å². The summed E-state index contributed by atoms with van der Waals surface area (Å²) < 4.78 is 10.2. The maximum absolute atomic E-state index is 11.4. The SMILES string of the molecule is COc1ccc(N2C(C(=O)O)=Nc3occc3C2N)cc1. The molecule has 0 amide bonds. The molecule has 0 fully saturated rings. The molecule has 1 aromatic carbocycles. The number of carboxylic acids is 1. The van der Waals surface area contributed by atoms with Crippen LogP contribution < -0.4 is 15.4 Å². The number of aliphatic imine (C=N–C) groups is 1. The summed E-state index contributed by atoms with van der Waals surface area (Å²) in [6.45, 7) is 0. The Labute approximate surface area is 120 Å². The molecule has 1 atom stereocenters. The zero-order valence-electron chi connectivity index (χ0n) is 11.2. The lowest BCUT2D eigenvalue weighted by Crippen LogP contribution is -2.45. The Bertz CT molecular complexity index is 705. The van der Waals surface area contributed by atoms with Gasteiger partial charge in [-0.05, 0) is 30.3 Å².